The summed E-state index contributed by atoms with van der Waals surface area (Å²) < 4.78 is 0. The van der Waals surface area contributed by atoms with Crippen molar-refractivity contribution >= 4 is 23.7 Å². The van der Waals surface area contributed by atoms with Gasteiger partial charge in [-0.1, -0.05) is 11.8 Å². The number of primary amides is 1. The summed E-state index contributed by atoms with van der Waals surface area (Å²) in [6.45, 7) is 0. The van der Waals surface area contributed by atoms with E-state index >= 15 is 0 Å². The topological polar surface area (TPSA) is 118 Å². The Morgan fingerprint density at radius 3 is 2.93 bits per heavy atom. The molecule has 4 N–H and O–H groups in total. The first-order chi connectivity index (χ1) is 7.08. The normalized spacial score (nSPS) is 9.60. The highest BCUT2D eigenvalue weighted by Gasteiger charge is 2.05. The number of carbonyl (C=O) groups excluding carboxylic acids is 2. The van der Waals surface area contributed by atoms with Gasteiger partial charge in [-0.25, -0.2) is 9.78 Å². The van der Waals surface area contributed by atoms with Crippen molar-refractivity contribution in [2.75, 3.05) is 5.75 Å². The summed E-state index contributed by atoms with van der Waals surface area (Å²) in [5.74, 6) is -0.588. The van der Waals surface area contributed by atoms with Crippen LogP contribution in [0.2, 0.25) is 0 Å². The van der Waals surface area contributed by atoms with Crippen LogP contribution < -0.4 is 16.6 Å². The van der Waals surface area contributed by atoms with Crippen molar-refractivity contribution in [1.29, 1.82) is 0 Å². The van der Waals surface area contributed by atoms with Crippen molar-refractivity contribution in [3.05, 3.63) is 22.6 Å². The molecule has 0 saturated heterocycles. The molecule has 0 aliphatic carbocycles. The van der Waals surface area contributed by atoms with Gasteiger partial charge >= 0.3 is 6.03 Å². The van der Waals surface area contributed by atoms with Crippen LogP contribution in [0, 0.1) is 0 Å². The van der Waals surface area contributed by atoms with Crippen molar-refractivity contribution in [3.8, 4) is 0 Å². The Morgan fingerprint density at radius 2 is 2.33 bits per heavy atom. The molecule has 0 bridgehead atoms. The minimum absolute atomic E-state index is 0.0457. The molecule has 15 heavy (non-hydrogen) atoms. The largest absolute Gasteiger partial charge is 0.351 e. The number of hydrogen-bond acceptors (Lipinski definition) is 5. The summed E-state index contributed by atoms with van der Waals surface area (Å²) in [5.41, 5.74) is 4.43. The number of rotatable bonds is 3. The number of nitrogens with two attached hydrogens (primary N) is 1. The van der Waals surface area contributed by atoms with Crippen LogP contribution in [0.5, 0.6) is 0 Å². The zero-order valence-electron chi connectivity index (χ0n) is 7.52. The van der Waals surface area contributed by atoms with Crippen LogP contribution in [-0.2, 0) is 4.79 Å². The van der Waals surface area contributed by atoms with Crippen LogP contribution in [0.4, 0.5) is 4.79 Å². The third-order valence-corrected chi connectivity index (χ3v) is 2.14. The fourth-order valence-electron chi connectivity index (χ4n) is 0.733. The monoisotopic (exact) mass is 228 g/mol. The van der Waals surface area contributed by atoms with Gasteiger partial charge in [0.2, 0.25) is 5.91 Å². The van der Waals surface area contributed by atoms with Gasteiger partial charge < -0.3 is 10.7 Å². The Balaban J connectivity index is 2.47. The third kappa shape index (κ3) is 4.27. The van der Waals surface area contributed by atoms with E-state index in [2.05, 4.69) is 9.97 Å². The Morgan fingerprint density at radius 1 is 1.60 bits per heavy atom. The van der Waals surface area contributed by atoms with E-state index in [4.69, 9.17) is 5.73 Å². The second kappa shape index (κ2) is 5.15. The number of amides is 3. The standard InChI is InChI=1S/C7H8N4O3S/c8-6(14)10-5(13)3-15-7-9-2-1-4(12)11-7/h1-2H,3H2,(H,9,11,12)(H3,8,10,13,14). The number of thioether (sulfide) groups is 1. The predicted octanol–water partition coefficient (Wildman–Crippen LogP) is -0.943. The van der Waals surface area contributed by atoms with Gasteiger partial charge in [0.25, 0.3) is 5.56 Å². The highest BCUT2D eigenvalue weighted by atomic mass is 32.2. The number of H-pyrrole nitrogens is 1. The summed E-state index contributed by atoms with van der Waals surface area (Å²) >= 11 is 0.998. The quantitative estimate of drug-likeness (QED) is 0.455. The molecule has 1 aromatic heterocycles. The molecule has 0 spiro atoms. The molecule has 0 aliphatic rings. The summed E-state index contributed by atoms with van der Waals surface area (Å²) in [7, 11) is 0. The molecule has 0 aliphatic heterocycles. The minimum atomic E-state index is -0.907. The molecule has 0 fully saturated rings. The molecule has 3 amide bonds. The Kier molecular flexibility index (Phi) is 3.86. The maximum atomic E-state index is 11.0. The summed E-state index contributed by atoms with van der Waals surface area (Å²) in [6.07, 6.45) is 1.33. The van der Waals surface area contributed by atoms with E-state index in [1.165, 1.54) is 12.3 Å². The maximum Gasteiger partial charge on any atom is 0.318 e. The molecule has 0 radical (unpaired) electrons. The van der Waals surface area contributed by atoms with Crippen LogP contribution in [0.1, 0.15) is 0 Å². The molecule has 0 aromatic carbocycles. The van der Waals surface area contributed by atoms with Gasteiger partial charge in [0.05, 0.1) is 5.75 Å². The molecule has 7 nitrogen and oxygen atoms in total. The number of aromatic amines is 1. The van der Waals surface area contributed by atoms with Gasteiger partial charge in [0.1, 0.15) is 0 Å². The first-order valence-corrected chi connectivity index (χ1v) is 4.84. The smallest absolute Gasteiger partial charge is 0.318 e. The second-order valence-electron chi connectivity index (χ2n) is 2.44. The van der Waals surface area contributed by atoms with Gasteiger partial charge in [-0.05, 0) is 0 Å². The Labute approximate surface area is 88.5 Å². The summed E-state index contributed by atoms with van der Waals surface area (Å²) in [4.78, 5) is 38.3. The highest BCUT2D eigenvalue weighted by molar-refractivity contribution is 7.99. The SMILES string of the molecule is NC(=O)NC(=O)CSc1nccc(=O)[nH]1. The van der Waals surface area contributed by atoms with Crippen molar-refractivity contribution in [3.63, 3.8) is 0 Å². The van der Waals surface area contributed by atoms with Crippen LogP contribution in [0.3, 0.4) is 0 Å². The van der Waals surface area contributed by atoms with Crippen molar-refractivity contribution in [1.82, 2.24) is 15.3 Å². The lowest BCUT2D eigenvalue weighted by Crippen LogP contribution is -2.36. The van der Waals surface area contributed by atoms with Crippen LogP contribution in [0.25, 0.3) is 0 Å². The Hall–Kier alpha value is -1.83. The molecular formula is C7H8N4O3S. The third-order valence-electron chi connectivity index (χ3n) is 1.25. The molecule has 0 atom stereocenters. The van der Waals surface area contributed by atoms with E-state index in [1.807, 2.05) is 5.32 Å². The van der Waals surface area contributed by atoms with Gasteiger partial charge in [-0.2, -0.15) is 0 Å². The van der Waals surface area contributed by atoms with Crippen molar-refractivity contribution in [2.45, 2.75) is 5.16 Å². The predicted molar refractivity (Wildman–Crippen MR) is 53.3 cm³/mol. The number of urea groups is 1. The zero-order valence-corrected chi connectivity index (χ0v) is 8.34. The van der Waals surface area contributed by atoms with E-state index in [9.17, 15) is 14.4 Å². The number of nitrogens with one attached hydrogen (secondary N) is 2. The van der Waals surface area contributed by atoms with E-state index < -0.39 is 11.9 Å². The number of hydrogen-bond donors (Lipinski definition) is 3. The lowest BCUT2D eigenvalue weighted by molar-refractivity contribution is -0.117. The number of imide groups is 1. The molecule has 1 heterocycles. The van der Waals surface area contributed by atoms with Gasteiger partial charge in [-0.15, -0.1) is 0 Å². The molecule has 1 rings (SSSR count). The Bertz CT molecular complexity index is 430. The van der Waals surface area contributed by atoms with Gasteiger partial charge in [-0.3, -0.25) is 14.9 Å². The average Bonchev–Trinajstić information content (AvgIpc) is 2.14. The van der Waals surface area contributed by atoms with Crippen LogP contribution >= 0.6 is 11.8 Å². The zero-order chi connectivity index (χ0) is 11.3. The lowest BCUT2D eigenvalue weighted by atomic mass is 10.7. The van der Waals surface area contributed by atoms with Crippen molar-refractivity contribution < 1.29 is 9.59 Å². The number of aromatic nitrogens is 2. The highest BCUT2D eigenvalue weighted by Crippen LogP contribution is 2.08. The summed E-state index contributed by atoms with van der Waals surface area (Å²) in [5, 5.41) is 2.19. The van der Waals surface area contributed by atoms with Gasteiger partial charge in [0.15, 0.2) is 5.16 Å². The van der Waals surface area contributed by atoms with Crippen molar-refractivity contribution in [2.24, 2.45) is 5.73 Å². The molecule has 8 heteroatoms. The first-order valence-electron chi connectivity index (χ1n) is 3.85. The molecule has 0 unspecified atom stereocenters. The molecule has 0 saturated carbocycles. The van der Waals surface area contributed by atoms with E-state index in [-0.39, 0.29) is 11.3 Å². The summed E-state index contributed by atoms with van der Waals surface area (Å²) in [6, 6.07) is 0.350. The average molecular weight is 228 g/mol. The first kappa shape index (κ1) is 11.2. The number of nitrogens with zero attached hydrogens (tertiary/aromatic N) is 1. The van der Waals surface area contributed by atoms with E-state index in [1.54, 1.807) is 0 Å². The fourth-order valence-corrected chi connectivity index (χ4v) is 1.38. The van der Waals surface area contributed by atoms with Crippen LogP contribution in [-0.4, -0.2) is 27.7 Å². The molecular weight excluding hydrogens is 220 g/mol. The maximum absolute atomic E-state index is 11.0. The minimum Gasteiger partial charge on any atom is -0.351 e. The molecule has 1 aromatic rings. The fraction of sp³-hybridized carbons (Fsp3) is 0.143. The number of carbonyl (C=O) groups is 2. The van der Waals surface area contributed by atoms with E-state index in [0.717, 1.165) is 11.8 Å². The molecule has 80 valence electrons. The van der Waals surface area contributed by atoms with E-state index in [0.29, 0.717) is 5.16 Å². The second-order valence-corrected chi connectivity index (χ2v) is 3.40. The lowest BCUT2D eigenvalue weighted by Gasteiger charge is -1.99. The van der Waals surface area contributed by atoms with Crippen LogP contribution in [0.15, 0.2) is 22.2 Å². The van der Waals surface area contributed by atoms with Gasteiger partial charge in [0, 0.05) is 12.3 Å².